The Balaban J connectivity index is 1.77. The van der Waals surface area contributed by atoms with E-state index in [0.717, 1.165) is 19.0 Å². The van der Waals surface area contributed by atoms with Crippen LogP contribution in [-0.4, -0.2) is 35.6 Å². The number of hydrogen-bond donors (Lipinski definition) is 2. The molecule has 0 amide bonds. The van der Waals surface area contributed by atoms with Gasteiger partial charge in [0.2, 0.25) is 0 Å². The lowest BCUT2D eigenvalue weighted by Crippen LogP contribution is -2.44. The van der Waals surface area contributed by atoms with Crippen LogP contribution in [0.2, 0.25) is 0 Å². The van der Waals surface area contributed by atoms with Gasteiger partial charge in [0.05, 0.1) is 0 Å². The zero-order valence-corrected chi connectivity index (χ0v) is 11.1. The second-order valence-electron chi connectivity index (χ2n) is 5.38. The Hall–Kier alpha value is -0.800. The smallest absolute Gasteiger partial charge is 0.0357 e. The maximum absolute atomic E-state index is 3.57. The molecule has 1 unspecified atom stereocenters. The van der Waals surface area contributed by atoms with Gasteiger partial charge in [-0.1, -0.05) is 13.8 Å². The monoisotopic (exact) mass is 235 g/mol. The van der Waals surface area contributed by atoms with Crippen molar-refractivity contribution in [2.75, 3.05) is 19.6 Å². The standard InChI is InChI=1S/C14H25N3/c1-12(2)14(17-8-3-4-9-17)11-15-10-13-6-5-7-16-13/h5-7,12,14-16H,3-4,8-11H2,1-2H3. The lowest BCUT2D eigenvalue weighted by Gasteiger charge is -2.31. The summed E-state index contributed by atoms with van der Waals surface area (Å²) in [4.78, 5) is 5.88. The van der Waals surface area contributed by atoms with Crippen LogP contribution in [0.25, 0.3) is 0 Å². The average Bonchev–Trinajstić information content (AvgIpc) is 2.96. The summed E-state index contributed by atoms with van der Waals surface area (Å²) in [5.41, 5.74) is 1.27. The number of likely N-dealkylation sites (tertiary alicyclic amines) is 1. The minimum absolute atomic E-state index is 0.687. The fraction of sp³-hybridized carbons (Fsp3) is 0.714. The van der Waals surface area contributed by atoms with Crippen LogP contribution in [0.3, 0.4) is 0 Å². The Morgan fingerprint density at radius 3 is 2.71 bits per heavy atom. The molecule has 1 fully saturated rings. The first kappa shape index (κ1) is 12.7. The van der Waals surface area contributed by atoms with E-state index in [1.807, 2.05) is 6.20 Å². The van der Waals surface area contributed by atoms with Gasteiger partial charge in [-0.15, -0.1) is 0 Å². The largest absolute Gasteiger partial charge is 0.364 e. The minimum Gasteiger partial charge on any atom is -0.364 e. The number of nitrogens with one attached hydrogen (secondary N) is 2. The Morgan fingerprint density at radius 2 is 2.12 bits per heavy atom. The first-order chi connectivity index (χ1) is 8.27. The summed E-state index contributed by atoms with van der Waals surface area (Å²) in [5, 5.41) is 3.57. The molecule has 0 aromatic carbocycles. The van der Waals surface area contributed by atoms with Crippen molar-refractivity contribution >= 4 is 0 Å². The van der Waals surface area contributed by atoms with E-state index in [0.29, 0.717) is 6.04 Å². The summed E-state index contributed by atoms with van der Waals surface area (Å²) in [6.07, 6.45) is 4.73. The molecule has 1 atom stereocenters. The molecule has 2 N–H and O–H groups in total. The molecule has 0 radical (unpaired) electrons. The fourth-order valence-corrected chi connectivity index (χ4v) is 2.69. The molecular formula is C14H25N3. The number of H-pyrrole nitrogens is 1. The van der Waals surface area contributed by atoms with Crippen molar-refractivity contribution in [3.8, 4) is 0 Å². The molecule has 2 heterocycles. The molecule has 1 saturated heterocycles. The van der Waals surface area contributed by atoms with Gasteiger partial charge in [-0.05, 0) is 44.0 Å². The third-order valence-corrected chi connectivity index (χ3v) is 3.71. The maximum Gasteiger partial charge on any atom is 0.0357 e. The van der Waals surface area contributed by atoms with E-state index < -0.39 is 0 Å². The Morgan fingerprint density at radius 1 is 1.35 bits per heavy atom. The molecule has 1 aromatic rings. The summed E-state index contributed by atoms with van der Waals surface area (Å²) in [6, 6.07) is 4.87. The summed E-state index contributed by atoms with van der Waals surface area (Å²) in [6.45, 7) is 9.28. The van der Waals surface area contributed by atoms with Gasteiger partial charge in [-0.25, -0.2) is 0 Å². The molecule has 17 heavy (non-hydrogen) atoms. The third kappa shape index (κ3) is 3.58. The van der Waals surface area contributed by atoms with E-state index in [1.165, 1.54) is 31.6 Å². The van der Waals surface area contributed by atoms with E-state index >= 15 is 0 Å². The van der Waals surface area contributed by atoms with Crippen molar-refractivity contribution in [3.63, 3.8) is 0 Å². The van der Waals surface area contributed by atoms with Gasteiger partial charge < -0.3 is 10.3 Å². The second kappa shape index (κ2) is 6.22. The summed E-state index contributed by atoms with van der Waals surface area (Å²) >= 11 is 0. The molecule has 0 aliphatic carbocycles. The zero-order chi connectivity index (χ0) is 12.1. The average molecular weight is 235 g/mol. The van der Waals surface area contributed by atoms with Crippen LogP contribution < -0.4 is 5.32 Å². The first-order valence-electron chi connectivity index (χ1n) is 6.84. The maximum atomic E-state index is 3.57. The van der Waals surface area contributed by atoms with Gasteiger partial charge >= 0.3 is 0 Å². The van der Waals surface area contributed by atoms with Crippen molar-refractivity contribution < 1.29 is 0 Å². The Kier molecular flexibility index (Phi) is 4.63. The van der Waals surface area contributed by atoms with Gasteiger partial charge in [0.15, 0.2) is 0 Å². The summed E-state index contributed by atoms with van der Waals surface area (Å²) < 4.78 is 0. The van der Waals surface area contributed by atoms with Crippen LogP contribution in [0, 0.1) is 5.92 Å². The van der Waals surface area contributed by atoms with Crippen LogP contribution in [0.5, 0.6) is 0 Å². The quantitative estimate of drug-likeness (QED) is 0.792. The van der Waals surface area contributed by atoms with Gasteiger partial charge in [0.25, 0.3) is 0 Å². The summed E-state index contributed by atoms with van der Waals surface area (Å²) in [7, 11) is 0. The fourth-order valence-electron chi connectivity index (χ4n) is 2.69. The summed E-state index contributed by atoms with van der Waals surface area (Å²) in [5.74, 6) is 0.726. The molecule has 3 heteroatoms. The highest BCUT2D eigenvalue weighted by Crippen LogP contribution is 2.17. The van der Waals surface area contributed by atoms with Crippen LogP contribution in [0.15, 0.2) is 18.3 Å². The van der Waals surface area contributed by atoms with Crippen LogP contribution >= 0.6 is 0 Å². The molecule has 0 spiro atoms. The number of aromatic nitrogens is 1. The Bertz CT molecular complexity index is 299. The third-order valence-electron chi connectivity index (χ3n) is 3.71. The van der Waals surface area contributed by atoms with Gasteiger partial charge in [-0.3, -0.25) is 4.90 Å². The van der Waals surface area contributed by atoms with E-state index in [4.69, 9.17) is 0 Å². The van der Waals surface area contributed by atoms with Crippen LogP contribution in [0.4, 0.5) is 0 Å². The molecule has 1 aliphatic heterocycles. The van der Waals surface area contributed by atoms with E-state index in [2.05, 4.69) is 41.2 Å². The predicted octanol–water partition coefficient (Wildman–Crippen LogP) is 2.22. The molecule has 1 aromatic heterocycles. The second-order valence-corrected chi connectivity index (χ2v) is 5.38. The van der Waals surface area contributed by atoms with Crippen molar-refractivity contribution in [2.45, 2.75) is 39.3 Å². The predicted molar refractivity (Wildman–Crippen MR) is 71.9 cm³/mol. The van der Waals surface area contributed by atoms with Crippen molar-refractivity contribution in [1.82, 2.24) is 15.2 Å². The molecular weight excluding hydrogens is 210 g/mol. The molecule has 0 saturated carbocycles. The molecule has 1 aliphatic rings. The lowest BCUT2D eigenvalue weighted by molar-refractivity contribution is 0.186. The number of nitrogens with zero attached hydrogens (tertiary/aromatic N) is 1. The van der Waals surface area contributed by atoms with Crippen LogP contribution in [-0.2, 0) is 6.54 Å². The highest BCUT2D eigenvalue weighted by Gasteiger charge is 2.23. The lowest BCUT2D eigenvalue weighted by atomic mass is 10.0. The van der Waals surface area contributed by atoms with Crippen molar-refractivity contribution in [3.05, 3.63) is 24.0 Å². The van der Waals surface area contributed by atoms with E-state index in [-0.39, 0.29) is 0 Å². The SMILES string of the molecule is CC(C)C(CNCc1ccc[nH]1)N1CCCC1. The molecule has 0 bridgehead atoms. The van der Waals surface area contributed by atoms with Gasteiger partial charge in [-0.2, -0.15) is 0 Å². The molecule has 96 valence electrons. The molecule has 2 rings (SSSR count). The van der Waals surface area contributed by atoms with Crippen molar-refractivity contribution in [2.24, 2.45) is 5.92 Å². The normalized spacial score (nSPS) is 19.0. The Labute approximate surface area is 105 Å². The van der Waals surface area contributed by atoms with E-state index in [9.17, 15) is 0 Å². The first-order valence-corrected chi connectivity index (χ1v) is 6.84. The highest BCUT2D eigenvalue weighted by atomic mass is 15.2. The number of rotatable bonds is 6. The van der Waals surface area contributed by atoms with Gasteiger partial charge in [0.1, 0.15) is 0 Å². The number of aromatic amines is 1. The van der Waals surface area contributed by atoms with Crippen LogP contribution in [0.1, 0.15) is 32.4 Å². The van der Waals surface area contributed by atoms with E-state index in [1.54, 1.807) is 0 Å². The van der Waals surface area contributed by atoms with Gasteiger partial charge in [0, 0.05) is 31.0 Å². The van der Waals surface area contributed by atoms with Crippen molar-refractivity contribution in [1.29, 1.82) is 0 Å². The zero-order valence-electron chi connectivity index (χ0n) is 11.1. The topological polar surface area (TPSA) is 31.1 Å². The minimum atomic E-state index is 0.687. The highest BCUT2D eigenvalue weighted by molar-refractivity contribution is 5.03. The number of hydrogen-bond acceptors (Lipinski definition) is 2. The molecule has 3 nitrogen and oxygen atoms in total.